The molecule has 3 rings (SSSR count). The van der Waals surface area contributed by atoms with Gasteiger partial charge in [0.05, 0.1) is 11.1 Å². The van der Waals surface area contributed by atoms with E-state index in [4.69, 9.17) is 4.52 Å². The number of rotatable bonds is 2. The zero-order chi connectivity index (χ0) is 16.8. The second kappa shape index (κ2) is 5.22. The molecule has 0 amide bonds. The standard InChI is InChI=1S/C15H11F3NO3P/c1-23(20,21)22-14-12-8-9(15(16,17)18)6-7-10(12)11-4-2-3-5-13(11)19-14/h2-8H,1H3,(H,20,21). The third-order valence-corrected chi connectivity index (χ3v) is 3.76. The molecule has 23 heavy (non-hydrogen) atoms. The molecule has 0 radical (unpaired) electrons. The van der Waals surface area contributed by atoms with E-state index in [9.17, 15) is 22.6 Å². The molecule has 3 aromatic rings. The van der Waals surface area contributed by atoms with Crippen molar-refractivity contribution >= 4 is 29.3 Å². The highest BCUT2D eigenvalue weighted by Gasteiger charge is 2.31. The van der Waals surface area contributed by atoms with Crippen LogP contribution in [0.15, 0.2) is 42.5 Å². The fraction of sp³-hybridized carbons (Fsp3) is 0.133. The third kappa shape index (κ3) is 3.16. The lowest BCUT2D eigenvalue weighted by atomic mass is 10.0. The highest BCUT2D eigenvalue weighted by atomic mass is 31.2. The van der Waals surface area contributed by atoms with Crippen LogP contribution in [0, 0.1) is 0 Å². The Balaban J connectivity index is 2.38. The molecule has 1 unspecified atom stereocenters. The number of benzene rings is 2. The molecule has 0 aliphatic heterocycles. The van der Waals surface area contributed by atoms with Gasteiger partial charge < -0.3 is 9.42 Å². The molecule has 1 atom stereocenters. The van der Waals surface area contributed by atoms with Gasteiger partial charge in [0.15, 0.2) is 0 Å². The van der Waals surface area contributed by atoms with Crippen LogP contribution in [0.4, 0.5) is 13.2 Å². The van der Waals surface area contributed by atoms with E-state index in [1.165, 1.54) is 6.07 Å². The smallest absolute Gasteiger partial charge is 0.405 e. The minimum absolute atomic E-state index is 0.0367. The van der Waals surface area contributed by atoms with E-state index < -0.39 is 19.3 Å². The zero-order valence-corrected chi connectivity index (χ0v) is 12.7. The van der Waals surface area contributed by atoms with Crippen molar-refractivity contribution in [1.29, 1.82) is 0 Å². The molecule has 0 fully saturated rings. The van der Waals surface area contributed by atoms with Gasteiger partial charge in [0.2, 0.25) is 5.88 Å². The summed E-state index contributed by atoms with van der Waals surface area (Å²) < 4.78 is 55.2. The molecule has 0 saturated carbocycles. The summed E-state index contributed by atoms with van der Waals surface area (Å²) in [7, 11) is -3.97. The maximum absolute atomic E-state index is 12.9. The van der Waals surface area contributed by atoms with Gasteiger partial charge in [0.1, 0.15) is 0 Å². The number of alkyl halides is 3. The van der Waals surface area contributed by atoms with Crippen molar-refractivity contribution in [3.63, 3.8) is 0 Å². The average molecular weight is 341 g/mol. The van der Waals surface area contributed by atoms with E-state index in [-0.39, 0.29) is 11.3 Å². The fourth-order valence-corrected chi connectivity index (χ4v) is 2.79. The number of aromatic nitrogens is 1. The number of fused-ring (bicyclic) bond motifs is 3. The molecule has 1 heterocycles. The highest BCUT2D eigenvalue weighted by molar-refractivity contribution is 7.52. The van der Waals surface area contributed by atoms with Gasteiger partial charge >= 0.3 is 13.8 Å². The highest BCUT2D eigenvalue weighted by Crippen LogP contribution is 2.43. The van der Waals surface area contributed by atoms with Gasteiger partial charge in [-0.3, -0.25) is 0 Å². The molecule has 2 aromatic carbocycles. The Kier molecular flexibility index (Phi) is 3.58. The zero-order valence-electron chi connectivity index (χ0n) is 11.8. The molecular weight excluding hydrogens is 330 g/mol. The summed E-state index contributed by atoms with van der Waals surface area (Å²) in [6, 6.07) is 9.96. The Morgan fingerprint density at radius 3 is 2.43 bits per heavy atom. The van der Waals surface area contributed by atoms with E-state index in [1.807, 2.05) is 0 Å². The Morgan fingerprint density at radius 1 is 1.09 bits per heavy atom. The normalized spacial score (nSPS) is 14.8. The van der Waals surface area contributed by atoms with E-state index in [0.717, 1.165) is 18.8 Å². The summed E-state index contributed by atoms with van der Waals surface area (Å²) in [6.07, 6.45) is -4.54. The summed E-state index contributed by atoms with van der Waals surface area (Å²) in [5, 5.41) is 1.13. The third-order valence-electron chi connectivity index (χ3n) is 3.25. The molecule has 0 saturated heterocycles. The van der Waals surface area contributed by atoms with E-state index >= 15 is 0 Å². The summed E-state index contributed by atoms with van der Waals surface area (Å²) in [5.41, 5.74) is -0.418. The monoisotopic (exact) mass is 341 g/mol. The number of hydrogen-bond acceptors (Lipinski definition) is 3. The molecule has 0 spiro atoms. The van der Waals surface area contributed by atoms with Crippen LogP contribution in [0.1, 0.15) is 5.56 Å². The van der Waals surface area contributed by atoms with Gasteiger partial charge in [-0.2, -0.15) is 13.2 Å². The Morgan fingerprint density at radius 2 is 1.78 bits per heavy atom. The second-order valence-electron chi connectivity index (χ2n) is 5.09. The summed E-state index contributed by atoms with van der Waals surface area (Å²) in [6.45, 7) is 0.948. The number of nitrogens with zero attached hydrogens (tertiary/aromatic N) is 1. The predicted octanol–water partition coefficient (Wildman–Crippen LogP) is 4.60. The molecular formula is C15H11F3NO3P. The minimum Gasteiger partial charge on any atom is -0.405 e. The van der Waals surface area contributed by atoms with Crippen molar-refractivity contribution in [2.24, 2.45) is 0 Å². The first-order valence-electron chi connectivity index (χ1n) is 6.55. The molecule has 8 heteroatoms. The van der Waals surface area contributed by atoms with Crippen molar-refractivity contribution in [1.82, 2.24) is 4.98 Å². The first-order chi connectivity index (χ1) is 10.6. The fourth-order valence-electron chi connectivity index (χ4n) is 2.33. The van der Waals surface area contributed by atoms with Gasteiger partial charge in [0, 0.05) is 17.4 Å². The average Bonchev–Trinajstić information content (AvgIpc) is 2.44. The topological polar surface area (TPSA) is 59.4 Å². The number of hydrogen-bond donors (Lipinski definition) is 1. The molecule has 4 nitrogen and oxygen atoms in total. The Labute approximate surface area is 129 Å². The lowest BCUT2D eigenvalue weighted by Crippen LogP contribution is -2.05. The lowest BCUT2D eigenvalue weighted by Gasteiger charge is -2.14. The number of pyridine rings is 1. The van der Waals surface area contributed by atoms with E-state index in [0.29, 0.717) is 16.3 Å². The van der Waals surface area contributed by atoms with Crippen LogP contribution in [0.5, 0.6) is 5.88 Å². The van der Waals surface area contributed by atoms with Crippen LogP contribution >= 0.6 is 7.60 Å². The van der Waals surface area contributed by atoms with Crippen LogP contribution in [-0.2, 0) is 10.7 Å². The minimum atomic E-state index is -4.54. The molecule has 120 valence electrons. The van der Waals surface area contributed by atoms with E-state index in [1.54, 1.807) is 24.3 Å². The van der Waals surface area contributed by atoms with Gasteiger partial charge in [-0.15, -0.1) is 0 Å². The second-order valence-corrected chi connectivity index (χ2v) is 6.88. The van der Waals surface area contributed by atoms with Gasteiger partial charge in [0.25, 0.3) is 0 Å². The molecule has 0 aliphatic carbocycles. The summed E-state index contributed by atoms with van der Waals surface area (Å²) >= 11 is 0. The first kappa shape index (κ1) is 15.8. The first-order valence-corrected chi connectivity index (χ1v) is 8.57. The maximum Gasteiger partial charge on any atom is 0.416 e. The van der Waals surface area contributed by atoms with Gasteiger partial charge in [-0.1, -0.05) is 24.3 Å². The lowest BCUT2D eigenvalue weighted by molar-refractivity contribution is -0.137. The number of halogens is 3. The van der Waals surface area contributed by atoms with Crippen molar-refractivity contribution < 1.29 is 27.2 Å². The molecule has 1 aromatic heterocycles. The van der Waals surface area contributed by atoms with Crippen molar-refractivity contribution in [3.8, 4) is 5.88 Å². The van der Waals surface area contributed by atoms with Crippen molar-refractivity contribution in [3.05, 3.63) is 48.0 Å². The van der Waals surface area contributed by atoms with Crippen LogP contribution in [0.3, 0.4) is 0 Å². The quantitative estimate of drug-likeness (QED) is 0.547. The van der Waals surface area contributed by atoms with Crippen LogP contribution in [-0.4, -0.2) is 16.5 Å². The van der Waals surface area contributed by atoms with Crippen molar-refractivity contribution in [2.45, 2.75) is 6.18 Å². The molecule has 0 bridgehead atoms. The van der Waals surface area contributed by atoms with Crippen LogP contribution < -0.4 is 4.52 Å². The van der Waals surface area contributed by atoms with Crippen LogP contribution in [0.2, 0.25) is 0 Å². The van der Waals surface area contributed by atoms with E-state index in [2.05, 4.69) is 4.98 Å². The summed E-state index contributed by atoms with van der Waals surface area (Å²) in [4.78, 5) is 13.5. The maximum atomic E-state index is 12.9. The van der Waals surface area contributed by atoms with Gasteiger partial charge in [-0.05, 0) is 23.6 Å². The SMILES string of the molecule is CP(=O)(O)Oc1nc2ccccc2c2ccc(C(F)(F)F)cc12. The number of para-hydroxylation sites is 1. The molecule has 0 aliphatic rings. The predicted molar refractivity (Wildman–Crippen MR) is 80.6 cm³/mol. The Bertz CT molecular complexity index is 950. The van der Waals surface area contributed by atoms with Crippen LogP contribution in [0.25, 0.3) is 21.7 Å². The summed E-state index contributed by atoms with van der Waals surface area (Å²) in [5.74, 6) is -0.293. The van der Waals surface area contributed by atoms with Crippen molar-refractivity contribution in [2.75, 3.05) is 6.66 Å². The largest absolute Gasteiger partial charge is 0.416 e. The Hall–Kier alpha value is -2.11. The molecule has 1 N–H and O–H groups in total. The van der Waals surface area contributed by atoms with Gasteiger partial charge in [-0.25, -0.2) is 9.55 Å².